The van der Waals surface area contributed by atoms with Gasteiger partial charge in [0.25, 0.3) is 0 Å². The van der Waals surface area contributed by atoms with Gasteiger partial charge in [0.2, 0.25) is 21.8 Å². The van der Waals surface area contributed by atoms with Crippen LogP contribution < -0.4 is 9.62 Å². The molecular weight excluding hydrogens is 485 g/mol. The number of carbonyl (C=O) groups excluding carboxylic acids is 2. The number of benzene rings is 2. The van der Waals surface area contributed by atoms with Crippen molar-refractivity contribution < 1.29 is 18.0 Å². The zero-order valence-electron chi connectivity index (χ0n) is 19.1. The van der Waals surface area contributed by atoms with Crippen LogP contribution in [-0.4, -0.2) is 50.5 Å². The Morgan fingerprint density at radius 1 is 1.09 bits per heavy atom. The van der Waals surface area contributed by atoms with E-state index in [4.69, 9.17) is 23.2 Å². The van der Waals surface area contributed by atoms with Gasteiger partial charge in [-0.05, 0) is 50.1 Å². The molecule has 0 aliphatic heterocycles. The number of carbonyl (C=O) groups is 2. The fraction of sp³-hybridized carbons (Fsp3) is 0.391. The monoisotopic (exact) mass is 513 g/mol. The number of aryl methyl sites for hydroxylation is 1. The molecule has 7 nitrogen and oxygen atoms in total. The fourth-order valence-corrected chi connectivity index (χ4v) is 4.59. The zero-order valence-corrected chi connectivity index (χ0v) is 21.5. The Bertz CT molecular complexity index is 1090. The summed E-state index contributed by atoms with van der Waals surface area (Å²) < 4.78 is 26.1. The van der Waals surface area contributed by atoms with E-state index in [9.17, 15) is 18.0 Å². The molecule has 0 radical (unpaired) electrons. The summed E-state index contributed by atoms with van der Waals surface area (Å²) in [5.74, 6) is -0.910. The molecule has 0 aliphatic carbocycles. The Labute approximate surface area is 205 Å². The zero-order chi connectivity index (χ0) is 24.8. The molecule has 2 aromatic carbocycles. The number of nitrogens with one attached hydrogen (secondary N) is 1. The number of hydrogen-bond acceptors (Lipinski definition) is 4. The second-order valence-electron chi connectivity index (χ2n) is 7.80. The van der Waals surface area contributed by atoms with Crippen molar-refractivity contribution in [2.24, 2.45) is 0 Å². The normalized spacial score (nSPS) is 12.2. The van der Waals surface area contributed by atoms with Crippen molar-refractivity contribution in [3.05, 3.63) is 63.6 Å². The first-order valence-electron chi connectivity index (χ1n) is 10.5. The van der Waals surface area contributed by atoms with Crippen LogP contribution in [0.3, 0.4) is 0 Å². The van der Waals surface area contributed by atoms with Crippen LogP contribution in [0.25, 0.3) is 0 Å². The Morgan fingerprint density at radius 3 is 2.24 bits per heavy atom. The van der Waals surface area contributed by atoms with Crippen molar-refractivity contribution in [2.75, 3.05) is 23.7 Å². The number of halogens is 2. The predicted molar refractivity (Wildman–Crippen MR) is 133 cm³/mol. The number of rotatable bonds is 10. The van der Waals surface area contributed by atoms with E-state index < -0.39 is 28.5 Å². The first-order valence-corrected chi connectivity index (χ1v) is 13.1. The standard InChI is InChI=1S/C23H29Cl2N3O4S/c1-5-12-26-23(30)17(3)27(14-19-20(24)10-7-11-21(19)25)22(29)15-28(33(4,31)32)18-9-6-8-16(2)13-18/h6-11,13,17H,5,12,14-15H2,1-4H3,(H,26,30)/t17-/m1/s1. The van der Waals surface area contributed by atoms with Crippen LogP contribution in [0.15, 0.2) is 42.5 Å². The van der Waals surface area contributed by atoms with Gasteiger partial charge in [-0.3, -0.25) is 13.9 Å². The molecule has 0 saturated heterocycles. The van der Waals surface area contributed by atoms with Crippen molar-refractivity contribution >= 4 is 50.7 Å². The van der Waals surface area contributed by atoms with Crippen LogP contribution in [0, 0.1) is 6.92 Å². The first kappa shape index (κ1) is 27.0. The van der Waals surface area contributed by atoms with Crippen LogP contribution in [0.1, 0.15) is 31.4 Å². The van der Waals surface area contributed by atoms with Gasteiger partial charge >= 0.3 is 0 Å². The van der Waals surface area contributed by atoms with E-state index in [2.05, 4.69) is 5.32 Å². The predicted octanol–water partition coefficient (Wildman–Crippen LogP) is 4.01. The fourth-order valence-electron chi connectivity index (χ4n) is 3.23. The summed E-state index contributed by atoms with van der Waals surface area (Å²) in [6, 6.07) is 10.9. The lowest BCUT2D eigenvalue weighted by atomic mass is 10.1. The summed E-state index contributed by atoms with van der Waals surface area (Å²) in [5, 5.41) is 3.47. The number of amides is 2. The molecule has 2 amide bonds. The summed E-state index contributed by atoms with van der Waals surface area (Å²) >= 11 is 12.6. The largest absolute Gasteiger partial charge is 0.354 e. The highest BCUT2D eigenvalue weighted by Crippen LogP contribution is 2.27. The van der Waals surface area contributed by atoms with E-state index in [-0.39, 0.29) is 12.5 Å². The van der Waals surface area contributed by atoms with Gasteiger partial charge in [-0.25, -0.2) is 8.42 Å². The van der Waals surface area contributed by atoms with Crippen LogP contribution in [-0.2, 0) is 26.2 Å². The topological polar surface area (TPSA) is 86.8 Å². The summed E-state index contributed by atoms with van der Waals surface area (Å²) in [7, 11) is -3.78. The molecule has 0 bridgehead atoms. The Kier molecular flexibility index (Phi) is 9.57. The third-order valence-corrected chi connectivity index (χ3v) is 6.92. The van der Waals surface area contributed by atoms with Crippen molar-refractivity contribution in [2.45, 2.75) is 39.8 Å². The molecule has 2 aromatic rings. The van der Waals surface area contributed by atoms with Crippen molar-refractivity contribution in [1.29, 1.82) is 0 Å². The van der Waals surface area contributed by atoms with Gasteiger partial charge in [-0.2, -0.15) is 0 Å². The highest BCUT2D eigenvalue weighted by Gasteiger charge is 2.30. The SMILES string of the molecule is CCCNC(=O)[C@@H](C)N(Cc1c(Cl)cccc1Cl)C(=O)CN(c1cccc(C)c1)S(C)(=O)=O. The maximum atomic E-state index is 13.5. The summed E-state index contributed by atoms with van der Waals surface area (Å²) in [4.78, 5) is 27.5. The molecule has 0 aromatic heterocycles. The van der Waals surface area contributed by atoms with Crippen molar-refractivity contribution in [3.8, 4) is 0 Å². The number of sulfonamides is 1. The second kappa shape index (κ2) is 11.7. The summed E-state index contributed by atoms with van der Waals surface area (Å²) in [5.41, 5.74) is 1.69. The molecule has 0 heterocycles. The highest BCUT2D eigenvalue weighted by molar-refractivity contribution is 7.92. The average Bonchev–Trinajstić information content (AvgIpc) is 2.74. The molecule has 33 heavy (non-hydrogen) atoms. The van der Waals surface area contributed by atoms with Crippen LogP contribution in [0.2, 0.25) is 10.0 Å². The Morgan fingerprint density at radius 2 is 1.70 bits per heavy atom. The molecule has 10 heteroatoms. The Hall–Kier alpha value is -2.29. The number of hydrogen-bond donors (Lipinski definition) is 1. The van der Waals surface area contributed by atoms with Gasteiger partial charge in [-0.15, -0.1) is 0 Å². The smallest absolute Gasteiger partial charge is 0.244 e. The van der Waals surface area contributed by atoms with E-state index in [0.29, 0.717) is 27.8 Å². The molecule has 0 spiro atoms. The van der Waals surface area contributed by atoms with Gasteiger partial charge in [0.15, 0.2) is 0 Å². The van der Waals surface area contributed by atoms with Crippen LogP contribution >= 0.6 is 23.2 Å². The van der Waals surface area contributed by atoms with Gasteiger partial charge in [0, 0.05) is 28.7 Å². The molecule has 0 aliphatic rings. The molecule has 1 N–H and O–H groups in total. The van der Waals surface area contributed by atoms with Crippen LogP contribution in [0.5, 0.6) is 0 Å². The number of anilines is 1. The Balaban J connectivity index is 2.43. The van der Waals surface area contributed by atoms with E-state index in [0.717, 1.165) is 22.5 Å². The van der Waals surface area contributed by atoms with Crippen LogP contribution in [0.4, 0.5) is 5.69 Å². The molecule has 1 atom stereocenters. The lowest BCUT2D eigenvalue weighted by Crippen LogP contribution is -2.51. The maximum Gasteiger partial charge on any atom is 0.244 e. The molecule has 2 rings (SSSR count). The summed E-state index contributed by atoms with van der Waals surface area (Å²) in [6.45, 7) is 5.27. The highest BCUT2D eigenvalue weighted by atomic mass is 35.5. The third-order valence-electron chi connectivity index (χ3n) is 5.08. The lowest BCUT2D eigenvalue weighted by molar-refractivity contribution is -0.139. The number of nitrogens with zero attached hydrogens (tertiary/aromatic N) is 2. The van der Waals surface area contributed by atoms with Gasteiger partial charge < -0.3 is 10.2 Å². The molecule has 0 unspecified atom stereocenters. The van der Waals surface area contributed by atoms with E-state index >= 15 is 0 Å². The minimum Gasteiger partial charge on any atom is -0.354 e. The van der Waals surface area contributed by atoms with E-state index in [1.54, 1.807) is 43.3 Å². The van der Waals surface area contributed by atoms with E-state index in [1.165, 1.54) is 4.90 Å². The third kappa shape index (κ3) is 7.35. The second-order valence-corrected chi connectivity index (χ2v) is 10.5. The van der Waals surface area contributed by atoms with Gasteiger partial charge in [-0.1, -0.05) is 48.3 Å². The first-order chi connectivity index (χ1) is 15.5. The van der Waals surface area contributed by atoms with Gasteiger partial charge in [0.1, 0.15) is 12.6 Å². The molecule has 0 saturated carbocycles. The minimum absolute atomic E-state index is 0.0521. The minimum atomic E-state index is -3.78. The summed E-state index contributed by atoms with van der Waals surface area (Å²) in [6.07, 6.45) is 1.77. The van der Waals surface area contributed by atoms with E-state index in [1.807, 2.05) is 19.9 Å². The molecule has 180 valence electrons. The molecule has 0 fully saturated rings. The van der Waals surface area contributed by atoms with Crippen molar-refractivity contribution in [3.63, 3.8) is 0 Å². The quantitative estimate of drug-likeness (QED) is 0.519. The van der Waals surface area contributed by atoms with Gasteiger partial charge in [0.05, 0.1) is 11.9 Å². The maximum absolute atomic E-state index is 13.5. The van der Waals surface area contributed by atoms with Crippen molar-refractivity contribution in [1.82, 2.24) is 10.2 Å². The lowest BCUT2D eigenvalue weighted by Gasteiger charge is -2.32. The average molecular weight is 514 g/mol. The molecular formula is C23H29Cl2N3O4S.